The lowest BCUT2D eigenvalue weighted by atomic mass is 10.1. The Hall–Kier alpha value is -3.50. The Balaban J connectivity index is 2.10. The number of rotatable bonds is 8. The fraction of sp³-hybridized carbons (Fsp3) is 0.261. The van der Waals surface area contributed by atoms with E-state index in [0.717, 1.165) is 5.56 Å². The van der Waals surface area contributed by atoms with Crippen molar-refractivity contribution in [2.75, 3.05) is 13.7 Å². The Labute approximate surface area is 186 Å². The largest absolute Gasteiger partial charge is 0.493 e. The molecule has 0 atom stereocenters. The van der Waals surface area contributed by atoms with Crippen molar-refractivity contribution >= 4 is 29.6 Å². The van der Waals surface area contributed by atoms with Gasteiger partial charge in [-0.15, -0.1) is 0 Å². The first kappa shape index (κ1) is 23.8. The second-order valence-electron chi connectivity index (χ2n) is 6.88. The summed E-state index contributed by atoms with van der Waals surface area (Å²) in [6.07, 6.45) is 1.43. The zero-order valence-electron chi connectivity index (χ0n) is 17.7. The number of carbonyl (C=O) groups is 2. The third kappa shape index (κ3) is 7.05. The second kappa shape index (κ2) is 11.0. The van der Waals surface area contributed by atoms with Crippen LogP contribution in [0.3, 0.4) is 0 Å². The monoisotopic (exact) mass is 442 g/mol. The quantitative estimate of drug-likeness (QED) is 0.286. The first-order valence-electron chi connectivity index (χ1n) is 9.43. The van der Waals surface area contributed by atoms with Crippen molar-refractivity contribution in [1.29, 1.82) is 5.26 Å². The molecule has 0 aliphatic rings. The number of ether oxygens (including phenoxy) is 3. The Morgan fingerprint density at radius 3 is 2.48 bits per heavy atom. The number of methoxy groups -OCH3 is 1. The van der Waals surface area contributed by atoms with Crippen LogP contribution >= 0.6 is 11.6 Å². The summed E-state index contributed by atoms with van der Waals surface area (Å²) in [5.41, 5.74) is 1.29. The molecular weight excluding hydrogens is 420 g/mol. The summed E-state index contributed by atoms with van der Waals surface area (Å²) >= 11 is 5.91. The first-order chi connectivity index (χ1) is 14.7. The van der Waals surface area contributed by atoms with Gasteiger partial charge < -0.3 is 19.5 Å². The lowest BCUT2D eigenvalue weighted by Gasteiger charge is -2.12. The molecule has 0 bridgehead atoms. The van der Waals surface area contributed by atoms with Crippen molar-refractivity contribution in [3.8, 4) is 23.3 Å². The number of esters is 1. The molecule has 0 spiro atoms. The molecule has 0 radical (unpaired) electrons. The SMILES string of the molecule is COc1cc(/C=C(\C#N)C(=O)NC(C)C)ccc1OC(=O)COc1ccc(Cl)cc1C. The van der Waals surface area contributed by atoms with Gasteiger partial charge in [-0.25, -0.2) is 4.79 Å². The average Bonchev–Trinajstić information content (AvgIpc) is 2.71. The van der Waals surface area contributed by atoms with E-state index in [2.05, 4.69) is 5.32 Å². The van der Waals surface area contributed by atoms with E-state index in [1.54, 1.807) is 44.2 Å². The van der Waals surface area contributed by atoms with Crippen molar-refractivity contribution in [1.82, 2.24) is 5.32 Å². The van der Waals surface area contributed by atoms with Gasteiger partial charge in [-0.3, -0.25) is 4.79 Å². The number of aryl methyl sites for hydroxylation is 1. The molecule has 0 fully saturated rings. The number of carbonyl (C=O) groups excluding carboxylic acids is 2. The minimum absolute atomic E-state index is 0.0489. The molecule has 0 heterocycles. The maximum absolute atomic E-state index is 12.2. The third-order valence-electron chi connectivity index (χ3n) is 3.99. The number of hydrogen-bond acceptors (Lipinski definition) is 6. The number of nitrogens with one attached hydrogen (secondary N) is 1. The fourth-order valence-electron chi connectivity index (χ4n) is 2.58. The lowest BCUT2D eigenvalue weighted by molar-refractivity contribution is -0.136. The smallest absolute Gasteiger partial charge is 0.349 e. The average molecular weight is 443 g/mol. The van der Waals surface area contributed by atoms with Crippen LogP contribution in [-0.2, 0) is 9.59 Å². The maximum atomic E-state index is 12.2. The molecule has 2 aromatic carbocycles. The third-order valence-corrected chi connectivity index (χ3v) is 4.22. The van der Waals surface area contributed by atoms with E-state index < -0.39 is 11.9 Å². The maximum Gasteiger partial charge on any atom is 0.349 e. The van der Waals surface area contributed by atoms with E-state index >= 15 is 0 Å². The van der Waals surface area contributed by atoms with Crippen molar-refractivity contribution in [2.24, 2.45) is 0 Å². The van der Waals surface area contributed by atoms with Crippen LogP contribution < -0.4 is 19.5 Å². The Kier molecular flexibility index (Phi) is 8.47. The minimum atomic E-state index is -0.620. The van der Waals surface area contributed by atoms with E-state index in [9.17, 15) is 14.9 Å². The summed E-state index contributed by atoms with van der Waals surface area (Å²) in [7, 11) is 1.42. The normalized spacial score (nSPS) is 10.9. The number of halogens is 1. The van der Waals surface area contributed by atoms with E-state index in [1.165, 1.54) is 19.3 Å². The molecule has 31 heavy (non-hydrogen) atoms. The van der Waals surface area contributed by atoms with Crippen molar-refractivity contribution in [3.05, 3.63) is 58.1 Å². The second-order valence-corrected chi connectivity index (χ2v) is 7.32. The van der Waals surface area contributed by atoms with Gasteiger partial charge in [0.25, 0.3) is 5.91 Å². The summed E-state index contributed by atoms with van der Waals surface area (Å²) in [5, 5.41) is 12.5. The molecule has 0 aliphatic carbocycles. The molecule has 0 aromatic heterocycles. The number of nitrogens with zero attached hydrogens (tertiary/aromatic N) is 1. The number of amides is 1. The molecule has 0 aliphatic heterocycles. The van der Waals surface area contributed by atoms with Crippen molar-refractivity contribution in [3.63, 3.8) is 0 Å². The van der Waals surface area contributed by atoms with Crippen LogP contribution in [0.15, 0.2) is 42.0 Å². The van der Waals surface area contributed by atoms with Crippen LogP contribution in [0.4, 0.5) is 0 Å². The summed E-state index contributed by atoms with van der Waals surface area (Å²) < 4.78 is 16.1. The molecule has 162 valence electrons. The van der Waals surface area contributed by atoms with E-state index in [-0.39, 0.29) is 29.7 Å². The van der Waals surface area contributed by atoms with Crippen molar-refractivity contribution < 1.29 is 23.8 Å². The molecule has 1 amide bonds. The van der Waals surface area contributed by atoms with E-state index in [0.29, 0.717) is 16.3 Å². The topological polar surface area (TPSA) is 97.6 Å². The van der Waals surface area contributed by atoms with Gasteiger partial charge in [0, 0.05) is 11.1 Å². The van der Waals surface area contributed by atoms with Crippen LogP contribution in [-0.4, -0.2) is 31.6 Å². The molecule has 0 saturated carbocycles. The van der Waals surface area contributed by atoms with Crippen molar-refractivity contribution in [2.45, 2.75) is 26.8 Å². The molecule has 0 unspecified atom stereocenters. The Bertz CT molecular complexity index is 1040. The van der Waals surface area contributed by atoms with Gasteiger partial charge in [0.05, 0.1) is 7.11 Å². The Morgan fingerprint density at radius 2 is 1.87 bits per heavy atom. The predicted octanol–water partition coefficient (Wildman–Crippen LogP) is 4.07. The van der Waals surface area contributed by atoms with Gasteiger partial charge in [0.2, 0.25) is 0 Å². The summed E-state index contributed by atoms with van der Waals surface area (Å²) in [5.74, 6) is -0.110. The van der Waals surface area contributed by atoms with Crippen LogP contribution in [0.25, 0.3) is 6.08 Å². The lowest BCUT2D eigenvalue weighted by Crippen LogP contribution is -2.30. The molecular formula is C23H23ClN2O5. The zero-order chi connectivity index (χ0) is 23.0. The zero-order valence-corrected chi connectivity index (χ0v) is 18.4. The molecule has 7 nitrogen and oxygen atoms in total. The highest BCUT2D eigenvalue weighted by atomic mass is 35.5. The summed E-state index contributed by atoms with van der Waals surface area (Å²) in [6, 6.07) is 11.5. The van der Waals surface area contributed by atoms with Gasteiger partial charge >= 0.3 is 5.97 Å². The molecule has 0 saturated heterocycles. The van der Waals surface area contributed by atoms with Crippen LogP contribution in [0.1, 0.15) is 25.0 Å². The summed E-state index contributed by atoms with van der Waals surface area (Å²) in [4.78, 5) is 24.3. The van der Waals surface area contributed by atoms with E-state index in [1.807, 2.05) is 13.0 Å². The standard InChI is InChI=1S/C23H23ClN2O5/c1-14(2)26-23(28)17(12-25)10-16-5-7-20(21(11-16)29-4)31-22(27)13-30-19-8-6-18(24)9-15(19)3/h5-11,14H,13H2,1-4H3,(H,26,28)/b17-10+. The van der Waals surface area contributed by atoms with E-state index in [4.69, 9.17) is 25.8 Å². The predicted molar refractivity (Wildman–Crippen MR) is 117 cm³/mol. The highest BCUT2D eigenvalue weighted by Gasteiger charge is 2.14. The van der Waals surface area contributed by atoms with Gasteiger partial charge in [0.15, 0.2) is 18.1 Å². The highest BCUT2D eigenvalue weighted by molar-refractivity contribution is 6.30. The molecule has 1 N–H and O–H groups in total. The minimum Gasteiger partial charge on any atom is -0.493 e. The van der Waals surface area contributed by atoms with Gasteiger partial charge in [-0.1, -0.05) is 17.7 Å². The van der Waals surface area contributed by atoms with Crippen LogP contribution in [0, 0.1) is 18.3 Å². The summed E-state index contributed by atoms with van der Waals surface area (Å²) in [6.45, 7) is 5.12. The Morgan fingerprint density at radius 1 is 1.16 bits per heavy atom. The van der Waals surface area contributed by atoms with Crippen LogP contribution in [0.5, 0.6) is 17.2 Å². The highest BCUT2D eigenvalue weighted by Crippen LogP contribution is 2.29. The molecule has 2 aromatic rings. The van der Waals surface area contributed by atoms with Crippen LogP contribution in [0.2, 0.25) is 5.02 Å². The van der Waals surface area contributed by atoms with Gasteiger partial charge in [-0.05, 0) is 68.3 Å². The fourth-order valence-corrected chi connectivity index (χ4v) is 2.80. The number of nitriles is 1. The van der Waals surface area contributed by atoms with Gasteiger partial charge in [-0.2, -0.15) is 5.26 Å². The number of benzene rings is 2. The number of hydrogen-bond donors (Lipinski definition) is 1. The van der Waals surface area contributed by atoms with Gasteiger partial charge in [0.1, 0.15) is 17.4 Å². The first-order valence-corrected chi connectivity index (χ1v) is 9.81. The molecule has 2 rings (SSSR count). The molecule has 8 heteroatoms.